The van der Waals surface area contributed by atoms with Crippen LogP contribution >= 0.6 is 39.7 Å². The molecule has 1 saturated heterocycles. The number of hydrogen-bond acceptors (Lipinski definition) is 4. The molecule has 0 bridgehead atoms. The van der Waals surface area contributed by atoms with Crippen LogP contribution in [0.2, 0.25) is 0 Å². The van der Waals surface area contributed by atoms with Gasteiger partial charge in [-0.1, -0.05) is 0 Å². The van der Waals surface area contributed by atoms with Gasteiger partial charge in [0.25, 0.3) is 10.0 Å². The zero-order chi connectivity index (χ0) is 11.1. The first kappa shape index (κ1) is 14.4. The third-order valence-corrected chi connectivity index (χ3v) is 6.29. The number of sulfonamides is 1. The fourth-order valence-corrected chi connectivity index (χ4v) is 5.21. The van der Waals surface area contributed by atoms with Crippen LogP contribution in [0.25, 0.3) is 0 Å². The minimum absolute atomic E-state index is 0. The minimum atomic E-state index is -3.31. The Kier molecular flexibility index (Phi) is 4.79. The van der Waals surface area contributed by atoms with Gasteiger partial charge in [-0.15, -0.1) is 23.7 Å². The molecular weight excluding hydrogens is 336 g/mol. The van der Waals surface area contributed by atoms with Crippen molar-refractivity contribution in [3.05, 3.63) is 15.9 Å². The number of hydrogen-bond donors (Lipinski definition) is 1. The predicted octanol–water partition coefficient (Wildman–Crippen LogP) is 1.65. The first-order valence-electron chi connectivity index (χ1n) is 4.51. The number of thiophene rings is 1. The van der Waals surface area contributed by atoms with Gasteiger partial charge in [0.2, 0.25) is 0 Å². The zero-order valence-corrected chi connectivity index (χ0v) is 12.3. The Morgan fingerprint density at radius 2 is 2.19 bits per heavy atom. The first-order chi connectivity index (χ1) is 7.00. The van der Waals surface area contributed by atoms with Crippen molar-refractivity contribution in [3.63, 3.8) is 0 Å². The van der Waals surface area contributed by atoms with E-state index >= 15 is 0 Å². The summed E-state index contributed by atoms with van der Waals surface area (Å²) in [6.07, 6.45) is 0.742. The van der Waals surface area contributed by atoms with Crippen molar-refractivity contribution in [3.8, 4) is 0 Å². The molecule has 4 nitrogen and oxygen atoms in total. The lowest BCUT2D eigenvalue weighted by Crippen LogP contribution is -2.31. The summed E-state index contributed by atoms with van der Waals surface area (Å²) in [5.41, 5.74) is 5.69. The topological polar surface area (TPSA) is 63.4 Å². The molecule has 1 aliphatic rings. The number of rotatable bonds is 2. The number of nitrogens with zero attached hydrogens (tertiary/aromatic N) is 1. The highest BCUT2D eigenvalue weighted by Gasteiger charge is 2.31. The van der Waals surface area contributed by atoms with Crippen LogP contribution in [-0.2, 0) is 10.0 Å². The Balaban J connectivity index is 0.00000128. The standard InChI is InChI=1S/C8H11BrN2O2S2.ClH/c9-7-1-2-8(14-7)15(12,13)11-4-3-6(10)5-11;/h1-2,6H,3-5,10H2;1H/t6-;/m0./s1. The van der Waals surface area contributed by atoms with E-state index in [9.17, 15) is 8.42 Å². The summed E-state index contributed by atoms with van der Waals surface area (Å²) in [5, 5.41) is 0. The molecule has 0 radical (unpaired) electrons. The monoisotopic (exact) mass is 346 g/mol. The van der Waals surface area contributed by atoms with Gasteiger partial charge >= 0.3 is 0 Å². The molecule has 0 aliphatic carbocycles. The summed E-state index contributed by atoms with van der Waals surface area (Å²) in [5.74, 6) is 0. The number of halogens is 2. The highest BCUT2D eigenvalue weighted by Crippen LogP contribution is 2.29. The van der Waals surface area contributed by atoms with Gasteiger partial charge in [-0.05, 0) is 34.5 Å². The maximum atomic E-state index is 12.1. The first-order valence-corrected chi connectivity index (χ1v) is 7.56. The molecule has 0 saturated carbocycles. The van der Waals surface area contributed by atoms with Gasteiger partial charge in [0, 0.05) is 19.1 Å². The Morgan fingerprint density at radius 3 is 2.62 bits per heavy atom. The van der Waals surface area contributed by atoms with Crippen molar-refractivity contribution in [2.75, 3.05) is 13.1 Å². The molecule has 1 aromatic rings. The van der Waals surface area contributed by atoms with Crippen molar-refractivity contribution < 1.29 is 8.42 Å². The summed E-state index contributed by atoms with van der Waals surface area (Å²) < 4.78 is 26.8. The molecule has 16 heavy (non-hydrogen) atoms. The second-order valence-corrected chi connectivity index (χ2v) is 8.10. The smallest absolute Gasteiger partial charge is 0.252 e. The van der Waals surface area contributed by atoms with Crippen LogP contribution in [-0.4, -0.2) is 31.9 Å². The van der Waals surface area contributed by atoms with E-state index in [1.807, 2.05) is 0 Å². The summed E-state index contributed by atoms with van der Waals surface area (Å²) in [6.45, 7) is 0.955. The molecular formula is C8H12BrClN2O2S2. The van der Waals surface area contributed by atoms with Gasteiger partial charge in [-0.25, -0.2) is 8.42 Å². The Hall–Kier alpha value is 0.340. The fourth-order valence-electron chi connectivity index (χ4n) is 1.54. The van der Waals surface area contributed by atoms with Gasteiger partial charge in [-0.2, -0.15) is 4.31 Å². The van der Waals surface area contributed by atoms with Gasteiger partial charge in [0.15, 0.2) is 0 Å². The van der Waals surface area contributed by atoms with Gasteiger partial charge in [0.1, 0.15) is 4.21 Å². The lowest BCUT2D eigenvalue weighted by molar-refractivity contribution is 0.474. The molecule has 1 aliphatic heterocycles. The lowest BCUT2D eigenvalue weighted by atomic mass is 10.3. The molecule has 1 fully saturated rings. The second kappa shape index (κ2) is 5.32. The van der Waals surface area contributed by atoms with Gasteiger partial charge in [-0.3, -0.25) is 0 Å². The van der Waals surface area contributed by atoms with Crippen LogP contribution < -0.4 is 5.73 Å². The van der Waals surface area contributed by atoms with E-state index in [1.54, 1.807) is 12.1 Å². The highest BCUT2D eigenvalue weighted by molar-refractivity contribution is 9.11. The summed E-state index contributed by atoms with van der Waals surface area (Å²) in [7, 11) is -3.31. The van der Waals surface area contributed by atoms with Crippen molar-refractivity contribution in [1.82, 2.24) is 4.31 Å². The largest absolute Gasteiger partial charge is 0.326 e. The molecule has 8 heteroatoms. The Morgan fingerprint density at radius 1 is 1.50 bits per heavy atom. The van der Waals surface area contributed by atoms with Crippen LogP contribution in [0, 0.1) is 0 Å². The molecule has 2 rings (SSSR count). The van der Waals surface area contributed by atoms with Crippen LogP contribution in [0.4, 0.5) is 0 Å². The van der Waals surface area contributed by atoms with Gasteiger partial charge < -0.3 is 5.73 Å². The Labute approximate surface area is 113 Å². The molecule has 0 amide bonds. The van der Waals surface area contributed by atoms with Crippen molar-refractivity contribution in [2.24, 2.45) is 5.73 Å². The molecule has 2 heterocycles. The zero-order valence-electron chi connectivity index (χ0n) is 8.30. The number of nitrogens with two attached hydrogens (primary N) is 1. The SMILES string of the molecule is Cl.N[C@H]1CCN(S(=O)(=O)c2ccc(Br)s2)C1. The van der Waals surface area contributed by atoms with Gasteiger partial charge in [0.05, 0.1) is 3.79 Å². The third kappa shape index (κ3) is 2.77. The minimum Gasteiger partial charge on any atom is -0.326 e. The summed E-state index contributed by atoms with van der Waals surface area (Å²) in [4.78, 5) is 0. The lowest BCUT2D eigenvalue weighted by Gasteiger charge is -2.13. The van der Waals surface area contributed by atoms with Crippen LogP contribution in [0.15, 0.2) is 20.1 Å². The Bertz CT molecular complexity index is 462. The molecule has 1 atom stereocenters. The normalized spacial score (nSPS) is 22.0. The average Bonchev–Trinajstić information content (AvgIpc) is 2.74. The van der Waals surface area contributed by atoms with E-state index < -0.39 is 10.0 Å². The third-order valence-electron chi connectivity index (χ3n) is 2.33. The molecule has 0 spiro atoms. The van der Waals surface area contributed by atoms with Crippen molar-refractivity contribution in [1.29, 1.82) is 0 Å². The van der Waals surface area contributed by atoms with E-state index in [-0.39, 0.29) is 18.4 Å². The van der Waals surface area contributed by atoms with E-state index in [2.05, 4.69) is 15.9 Å². The van der Waals surface area contributed by atoms with E-state index in [0.717, 1.165) is 10.2 Å². The molecule has 0 aromatic carbocycles. The van der Waals surface area contributed by atoms with E-state index in [4.69, 9.17) is 5.73 Å². The quantitative estimate of drug-likeness (QED) is 0.885. The summed E-state index contributed by atoms with van der Waals surface area (Å²) in [6, 6.07) is 3.34. The molecule has 0 unspecified atom stereocenters. The fraction of sp³-hybridized carbons (Fsp3) is 0.500. The van der Waals surface area contributed by atoms with Crippen LogP contribution in [0.1, 0.15) is 6.42 Å². The van der Waals surface area contributed by atoms with E-state index in [0.29, 0.717) is 17.3 Å². The maximum Gasteiger partial charge on any atom is 0.252 e. The highest BCUT2D eigenvalue weighted by atomic mass is 79.9. The predicted molar refractivity (Wildman–Crippen MR) is 70.6 cm³/mol. The van der Waals surface area contributed by atoms with Crippen LogP contribution in [0.3, 0.4) is 0 Å². The van der Waals surface area contributed by atoms with Crippen molar-refractivity contribution >= 4 is 49.7 Å². The average molecular weight is 348 g/mol. The molecule has 2 N–H and O–H groups in total. The molecule has 1 aromatic heterocycles. The second-order valence-electron chi connectivity index (χ2n) is 3.47. The van der Waals surface area contributed by atoms with Crippen molar-refractivity contribution in [2.45, 2.75) is 16.7 Å². The van der Waals surface area contributed by atoms with E-state index in [1.165, 1.54) is 15.6 Å². The molecule has 92 valence electrons. The van der Waals surface area contributed by atoms with Crippen LogP contribution in [0.5, 0.6) is 0 Å². The maximum absolute atomic E-state index is 12.1. The summed E-state index contributed by atoms with van der Waals surface area (Å²) >= 11 is 4.48.